The summed E-state index contributed by atoms with van der Waals surface area (Å²) in [5, 5.41) is 26.2. The summed E-state index contributed by atoms with van der Waals surface area (Å²) in [6.07, 6.45) is 0. The third kappa shape index (κ3) is 3.23. The molecule has 1 aromatic rings. The van der Waals surface area contributed by atoms with Crippen LogP contribution in [0.15, 0.2) is 29.4 Å². The molecule has 0 fully saturated rings. The molecule has 17 heavy (non-hydrogen) atoms. The van der Waals surface area contributed by atoms with E-state index in [1.165, 1.54) is 29.3 Å². The first-order valence-electron chi connectivity index (χ1n) is 4.57. The average molecular weight is 238 g/mol. The van der Waals surface area contributed by atoms with Gasteiger partial charge in [0.15, 0.2) is 0 Å². The zero-order valence-corrected chi connectivity index (χ0v) is 9.23. The largest absolute Gasteiger partial charge is 0.395 e. The number of hydrogen-bond donors (Lipinski definition) is 0. The smallest absolute Gasteiger partial charge is 0.358 e. The first kappa shape index (κ1) is 12.6. The number of nitro benzene ring substituents is 1. The van der Waals surface area contributed by atoms with Gasteiger partial charge in [-0.25, -0.2) is 5.01 Å². The maximum absolute atomic E-state index is 10.8. The van der Waals surface area contributed by atoms with Gasteiger partial charge >= 0.3 is 5.84 Å². The molecule has 0 saturated carbocycles. The minimum atomic E-state index is -0.638. The van der Waals surface area contributed by atoms with Gasteiger partial charge in [0, 0.05) is 26.2 Å². The lowest BCUT2D eigenvalue weighted by Crippen LogP contribution is -2.18. The summed E-state index contributed by atoms with van der Waals surface area (Å²) >= 11 is 0. The molecule has 0 spiro atoms. The Morgan fingerprint density at radius 2 is 1.71 bits per heavy atom. The van der Waals surface area contributed by atoms with Crippen LogP contribution in [-0.4, -0.2) is 34.8 Å². The molecule has 0 amide bonds. The van der Waals surface area contributed by atoms with Gasteiger partial charge in [-0.2, -0.15) is 0 Å². The zero-order valence-electron chi connectivity index (χ0n) is 9.23. The Morgan fingerprint density at radius 3 is 2.06 bits per heavy atom. The summed E-state index contributed by atoms with van der Waals surface area (Å²) in [6, 6.07) is 4.99. The fourth-order valence-electron chi connectivity index (χ4n) is 1.12. The highest BCUT2D eigenvalue weighted by Crippen LogP contribution is 2.13. The van der Waals surface area contributed by atoms with Crippen molar-refractivity contribution < 1.29 is 9.85 Å². The third-order valence-electron chi connectivity index (χ3n) is 1.80. The molecule has 0 aliphatic rings. The number of benzene rings is 1. The fraction of sp³-hybridized carbons (Fsp3) is 0.222. The van der Waals surface area contributed by atoms with Gasteiger partial charge in [0.2, 0.25) is 0 Å². The van der Waals surface area contributed by atoms with Crippen molar-refractivity contribution in [3.8, 4) is 0 Å². The minimum absolute atomic E-state index is 0.124. The molecule has 90 valence electrons. The van der Waals surface area contributed by atoms with Crippen molar-refractivity contribution in [3.63, 3.8) is 0 Å². The number of amidine groups is 1. The van der Waals surface area contributed by atoms with Crippen molar-refractivity contribution in [2.45, 2.75) is 0 Å². The van der Waals surface area contributed by atoms with E-state index in [1.807, 2.05) is 0 Å². The van der Waals surface area contributed by atoms with E-state index < -0.39 is 9.85 Å². The second-order valence-corrected chi connectivity index (χ2v) is 3.33. The van der Waals surface area contributed by atoms with Crippen LogP contribution in [0.4, 0.5) is 5.69 Å². The van der Waals surface area contributed by atoms with E-state index in [9.17, 15) is 20.2 Å². The normalized spacial score (nSPS) is 11.1. The summed E-state index contributed by atoms with van der Waals surface area (Å²) in [5.74, 6) is -0.357. The van der Waals surface area contributed by atoms with Crippen LogP contribution >= 0.6 is 0 Å². The first-order chi connectivity index (χ1) is 7.91. The van der Waals surface area contributed by atoms with Crippen LogP contribution in [0.5, 0.6) is 0 Å². The molecule has 0 saturated heterocycles. The van der Waals surface area contributed by atoms with Crippen molar-refractivity contribution in [3.05, 3.63) is 50.1 Å². The van der Waals surface area contributed by atoms with Gasteiger partial charge in [-0.3, -0.25) is 10.1 Å². The van der Waals surface area contributed by atoms with Crippen LogP contribution in [0.3, 0.4) is 0 Å². The molecule has 0 N–H and O–H groups in total. The lowest BCUT2D eigenvalue weighted by Gasteiger charge is -2.01. The average Bonchev–Trinajstić information content (AvgIpc) is 2.25. The zero-order chi connectivity index (χ0) is 13.0. The van der Waals surface area contributed by atoms with Gasteiger partial charge in [0.05, 0.1) is 15.6 Å². The maximum atomic E-state index is 10.8. The predicted octanol–water partition coefficient (Wildman–Crippen LogP) is 1.09. The lowest BCUT2D eigenvalue weighted by molar-refractivity contribution is -0.384. The minimum Gasteiger partial charge on any atom is -0.358 e. The standard InChI is InChI=1S/C9H10N4O4/c1-11(2)10-9(13(16)17)7-3-5-8(6-4-7)12(14)15/h3-6H,1-2H3/b10-9-. The number of rotatable bonds is 3. The van der Waals surface area contributed by atoms with Crippen LogP contribution in [0.2, 0.25) is 0 Å². The van der Waals surface area contributed by atoms with Gasteiger partial charge in [-0.05, 0) is 17.1 Å². The Morgan fingerprint density at radius 1 is 1.18 bits per heavy atom. The quantitative estimate of drug-likeness (QED) is 0.339. The Balaban J connectivity index is 3.13. The van der Waals surface area contributed by atoms with Crippen molar-refractivity contribution in [1.82, 2.24) is 5.01 Å². The molecule has 0 aliphatic carbocycles. The number of non-ortho nitro benzene ring substituents is 1. The van der Waals surface area contributed by atoms with Gasteiger partial charge in [0.1, 0.15) is 0 Å². The molecule has 0 atom stereocenters. The fourth-order valence-corrected chi connectivity index (χ4v) is 1.12. The Hall–Kier alpha value is -2.51. The van der Waals surface area contributed by atoms with Gasteiger partial charge in [0.25, 0.3) is 5.69 Å². The summed E-state index contributed by atoms with van der Waals surface area (Å²) < 4.78 is 0. The Kier molecular flexibility index (Phi) is 3.70. The third-order valence-corrected chi connectivity index (χ3v) is 1.80. The predicted molar refractivity (Wildman–Crippen MR) is 60.3 cm³/mol. The molecular formula is C9H10N4O4. The topological polar surface area (TPSA) is 102 Å². The van der Waals surface area contributed by atoms with Crippen molar-refractivity contribution >= 4 is 11.5 Å². The monoisotopic (exact) mass is 238 g/mol. The van der Waals surface area contributed by atoms with Gasteiger partial charge in [-0.15, -0.1) is 0 Å². The van der Waals surface area contributed by atoms with Crippen molar-refractivity contribution in [1.29, 1.82) is 0 Å². The second-order valence-electron chi connectivity index (χ2n) is 3.33. The van der Waals surface area contributed by atoms with E-state index in [4.69, 9.17) is 0 Å². The summed E-state index contributed by atoms with van der Waals surface area (Å²) in [5.41, 5.74) is 0.0931. The number of nitrogens with zero attached hydrogens (tertiary/aromatic N) is 4. The molecule has 0 radical (unpaired) electrons. The molecule has 8 nitrogen and oxygen atoms in total. The summed E-state index contributed by atoms with van der Waals surface area (Å²) in [4.78, 5) is 20.0. The Labute approximate surface area is 96.5 Å². The van der Waals surface area contributed by atoms with E-state index in [-0.39, 0.29) is 17.1 Å². The van der Waals surface area contributed by atoms with Crippen LogP contribution in [0, 0.1) is 20.2 Å². The SMILES string of the molecule is CN(C)/N=C(/c1ccc([N+](=O)[O-])cc1)[N+](=O)[O-]. The van der Waals surface area contributed by atoms with Crippen LogP contribution in [-0.2, 0) is 0 Å². The molecule has 0 aromatic heterocycles. The molecular weight excluding hydrogens is 228 g/mol. The first-order valence-corrected chi connectivity index (χ1v) is 4.57. The van der Waals surface area contributed by atoms with E-state index in [1.54, 1.807) is 14.1 Å². The molecule has 0 aliphatic heterocycles. The summed E-state index contributed by atoms with van der Waals surface area (Å²) in [7, 11) is 3.10. The van der Waals surface area contributed by atoms with E-state index in [0.717, 1.165) is 0 Å². The number of nitro groups is 2. The van der Waals surface area contributed by atoms with E-state index in [2.05, 4.69) is 5.10 Å². The van der Waals surface area contributed by atoms with Crippen LogP contribution in [0.1, 0.15) is 5.56 Å². The highest BCUT2D eigenvalue weighted by molar-refractivity contribution is 5.92. The molecule has 1 rings (SSSR count). The van der Waals surface area contributed by atoms with Crippen LogP contribution < -0.4 is 0 Å². The molecule has 0 bridgehead atoms. The van der Waals surface area contributed by atoms with Gasteiger partial charge < -0.3 is 10.1 Å². The molecule has 0 unspecified atom stereocenters. The molecule has 0 heterocycles. The highest BCUT2D eigenvalue weighted by atomic mass is 16.6. The lowest BCUT2D eigenvalue weighted by atomic mass is 10.2. The maximum Gasteiger partial charge on any atom is 0.395 e. The van der Waals surface area contributed by atoms with E-state index in [0.29, 0.717) is 0 Å². The van der Waals surface area contributed by atoms with Gasteiger partial charge in [-0.1, -0.05) is 0 Å². The number of hydrogen-bond acceptors (Lipinski definition) is 6. The second kappa shape index (κ2) is 5.01. The van der Waals surface area contributed by atoms with E-state index >= 15 is 0 Å². The molecule has 1 aromatic carbocycles. The van der Waals surface area contributed by atoms with Crippen LogP contribution in [0.25, 0.3) is 0 Å². The van der Waals surface area contributed by atoms with Crippen molar-refractivity contribution in [2.24, 2.45) is 5.10 Å². The van der Waals surface area contributed by atoms with Crippen molar-refractivity contribution in [2.75, 3.05) is 14.1 Å². The Bertz CT molecular complexity index is 466. The number of hydrazone groups is 1. The molecule has 8 heteroatoms. The highest BCUT2D eigenvalue weighted by Gasteiger charge is 2.18. The summed E-state index contributed by atoms with van der Waals surface area (Å²) in [6.45, 7) is 0.